The van der Waals surface area contributed by atoms with Crippen molar-refractivity contribution >= 4 is 21.7 Å². The zero-order valence-electron chi connectivity index (χ0n) is 18.0. The highest BCUT2D eigenvalue weighted by Crippen LogP contribution is 2.34. The molecule has 1 fully saturated rings. The number of nitrogens with zero attached hydrogens (tertiary/aromatic N) is 4. The minimum absolute atomic E-state index is 0.00880. The molecule has 3 aromatic rings. The van der Waals surface area contributed by atoms with E-state index in [1.807, 2.05) is 63.2 Å². The maximum atomic E-state index is 13.1. The number of nitrogens with one attached hydrogen (secondary N) is 1. The fourth-order valence-corrected chi connectivity index (χ4v) is 5.83. The Kier molecular flexibility index (Phi) is 6.02. The average molecular weight is 438 g/mol. The SMILES string of the molecule is Cc1cccc(CS(=O)(=O)N2CCC[C@@H]2c2ccc(Nc3nc(C)cc(C)n3)cn2)c1. The lowest BCUT2D eigenvalue weighted by Crippen LogP contribution is -2.32. The lowest BCUT2D eigenvalue weighted by molar-refractivity contribution is 0.390. The number of pyridine rings is 1. The van der Waals surface area contributed by atoms with E-state index in [0.29, 0.717) is 12.5 Å². The van der Waals surface area contributed by atoms with Crippen LogP contribution in [0.4, 0.5) is 11.6 Å². The molecule has 0 amide bonds. The Hall–Kier alpha value is -2.84. The molecule has 1 aliphatic heterocycles. The van der Waals surface area contributed by atoms with Crippen molar-refractivity contribution in [1.82, 2.24) is 19.3 Å². The highest BCUT2D eigenvalue weighted by atomic mass is 32.2. The van der Waals surface area contributed by atoms with Crippen LogP contribution in [0.1, 0.15) is 47.1 Å². The van der Waals surface area contributed by atoms with Gasteiger partial charge >= 0.3 is 0 Å². The van der Waals surface area contributed by atoms with Gasteiger partial charge in [-0.1, -0.05) is 29.8 Å². The maximum absolute atomic E-state index is 13.1. The Morgan fingerprint density at radius 2 is 1.84 bits per heavy atom. The van der Waals surface area contributed by atoms with Gasteiger partial charge in [-0.25, -0.2) is 18.4 Å². The molecule has 0 saturated carbocycles. The van der Waals surface area contributed by atoms with Crippen LogP contribution in [0, 0.1) is 20.8 Å². The van der Waals surface area contributed by atoms with E-state index in [1.54, 1.807) is 10.5 Å². The molecule has 2 aromatic heterocycles. The van der Waals surface area contributed by atoms with Crippen LogP contribution in [-0.4, -0.2) is 34.2 Å². The van der Waals surface area contributed by atoms with Gasteiger partial charge in [0.15, 0.2) is 0 Å². The van der Waals surface area contributed by atoms with E-state index in [2.05, 4.69) is 20.3 Å². The minimum atomic E-state index is -3.44. The molecule has 7 nitrogen and oxygen atoms in total. The number of hydrogen-bond donors (Lipinski definition) is 1. The summed E-state index contributed by atoms with van der Waals surface area (Å²) in [7, 11) is -3.44. The van der Waals surface area contributed by atoms with Crippen LogP contribution in [0.3, 0.4) is 0 Å². The van der Waals surface area contributed by atoms with Crippen LogP contribution in [-0.2, 0) is 15.8 Å². The van der Waals surface area contributed by atoms with Gasteiger partial charge in [0.2, 0.25) is 16.0 Å². The summed E-state index contributed by atoms with van der Waals surface area (Å²) in [6, 6.07) is 13.1. The van der Waals surface area contributed by atoms with Gasteiger partial charge in [-0.15, -0.1) is 0 Å². The zero-order valence-corrected chi connectivity index (χ0v) is 18.9. The molecule has 0 radical (unpaired) electrons. The highest BCUT2D eigenvalue weighted by molar-refractivity contribution is 7.88. The number of aromatic nitrogens is 3. The first-order valence-corrected chi connectivity index (χ1v) is 12.0. The van der Waals surface area contributed by atoms with E-state index >= 15 is 0 Å². The summed E-state index contributed by atoms with van der Waals surface area (Å²) in [5, 5.41) is 3.17. The van der Waals surface area contributed by atoms with E-state index in [4.69, 9.17) is 0 Å². The maximum Gasteiger partial charge on any atom is 0.227 e. The molecule has 0 bridgehead atoms. The number of hydrogen-bond acceptors (Lipinski definition) is 6. The van der Waals surface area contributed by atoms with Crippen LogP contribution in [0.15, 0.2) is 48.7 Å². The molecule has 3 heterocycles. The van der Waals surface area contributed by atoms with Crippen molar-refractivity contribution in [2.75, 3.05) is 11.9 Å². The third kappa shape index (κ3) is 5.08. The van der Waals surface area contributed by atoms with Gasteiger partial charge in [0.25, 0.3) is 0 Å². The van der Waals surface area contributed by atoms with Gasteiger partial charge in [0, 0.05) is 17.9 Å². The minimum Gasteiger partial charge on any atom is -0.323 e. The molecule has 0 spiro atoms. The molecular weight excluding hydrogens is 410 g/mol. The second-order valence-corrected chi connectivity index (χ2v) is 10.0. The first-order valence-electron chi connectivity index (χ1n) is 10.4. The molecule has 162 valence electrons. The molecule has 0 aliphatic carbocycles. The average Bonchev–Trinajstić information content (AvgIpc) is 3.18. The van der Waals surface area contributed by atoms with Crippen LogP contribution >= 0.6 is 0 Å². The third-order valence-corrected chi connectivity index (χ3v) is 7.21. The van der Waals surface area contributed by atoms with Crippen molar-refractivity contribution in [1.29, 1.82) is 0 Å². The second kappa shape index (κ2) is 8.72. The fourth-order valence-electron chi connectivity index (χ4n) is 4.05. The van der Waals surface area contributed by atoms with Gasteiger partial charge < -0.3 is 5.32 Å². The molecule has 1 aliphatic rings. The topological polar surface area (TPSA) is 88.1 Å². The standard InChI is InChI=1S/C23H27N5O2S/c1-16-6-4-7-19(12-16)15-31(29,30)28-11-5-8-22(28)21-10-9-20(14-24-21)27-23-25-17(2)13-18(3)26-23/h4,6-7,9-10,12-14,22H,5,8,11,15H2,1-3H3,(H,25,26,27)/t22-/m1/s1. The molecule has 0 unspecified atom stereocenters. The molecule has 1 aromatic carbocycles. The summed E-state index contributed by atoms with van der Waals surface area (Å²) in [6.07, 6.45) is 3.31. The van der Waals surface area contributed by atoms with Gasteiger partial charge in [-0.2, -0.15) is 4.31 Å². The van der Waals surface area contributed by atoms with Crippen molar-refractivity contribution in [3.05, 3.63) is 76.9 Å². The van der Waals surface area contributed by atoms with E-state index in [0.717, 1.165) is 46.7 Å². The number of benzene rings is 1. The Labute approximate surface area is 183 Å². The van der Waals surface area contributed by atoms with Crippen molar-refractivity contribution in [3.63, 3.8) is 0 Å². The summed E-state index contributed by atoms with van der Waals surface area (Å²) < 4.78 is 27.9. The zero-order chi connectivity index (χ0) is 22.0. The Morgan fingerprint density at radius 1 is 1.06 bits per heavy atom. The van der Waals surface area contributed by atoms with Crippen molar-refractivity contribution < 1.29 is 8.42 Å². The molecular formula is C23H27N5O2S. The fraction of sp³-hybridized carbons (Fsp3) is 0.348. The van der Waals surface area contributed by atoms with Crippen molar-refractivity contribution in [2.45, 2.75) is 45.4 Å². The molecule has 8 heteroatoms. The second-order valence-electron chi connectivity index (χ2n) is 8.09. The predicted molar refractivity (Wildman–Crippen MR) is 122 cm³/mol. The lowest BCUT2D eigenvalue weighted by Gasteiger charge is -2.24. The normalized spacial score (nSPS) is 17.1. The van der Waals surface area contributed by atoms with E-state index < -0.39 is 10.0 Å². The Bertz CT molecular complexity index is 1160. The molecule has 31 heavy (non-hydrogen) atoms. The van der Waals surface area contributed by atoms with E-state index in [-0.39, 0.29) is 11.8 Å². The lowest BCUT2D eigenvalue weighted by atomic mass is 10.1. The first-order chi connectivity index (χ1) is 14.8. The smallest absolute Gasteiger partial charge is 0.227 e. The largest absolute Gasteiger partial charge is 0.323 e. The molecule has 4 rings (SSSR count). The summed E-state index contributed by atoms with van der Waals surface area (Å²) in [6.45, 7) is 6.34. The molecule has 1 atom stereocenters. The summed E-state index contributed by atoms with van der Waals surface area (Å²) in [5.41, 5.74) is 5.17. The summed E-state index contributed by atoms with van der Waals surface area (Å²) in [4.78, 5) is 13.3. The number of aryl methyl sites for hydroxylation is 3. The van der Waals surface area contributed by atoms with Gasteiger partial charge in [0.1, 0.15) is 0 Å². The van der Waals surface area contributed by atoms with Crippen LogP contribution in [0.2, 0.25) is 0 Å². The summed E-state index contributed by atoms with van der Waals surface area (Å²) in [5.74, 6) is 0.532. The first kappa shape index (κ1) is 21.4. The number of rotatable bonds is 6. The van der Waals surface area contributed by atoms with Crippen LogP contribution < -0.4 is 5.32 Å². The monoisotopic (exact) mass is 437 g/mol. The van der Waals surface area contributed by atoms with Gasteiger partial charge in [0.05, 0.1) is 29.4 Å². The Balaban J connectivity index is 1.50. The summed E-state index contributed by atoms with van der Waals surface area (Å²) >= 11 is 0. The van der Waals surface area contributed by atoms with Gasteiger partial charge in [-0.3, -0.25) is 4.98 Å². The molecule has 1 saturated heterocycles. The number of sulfonamides is 1. The van der Waals surface area contributed by atoms with E-state index in [9.17, 15) is 8.42 Å². The highest BCUT2D eigenvalue weighted by Gasteiger charge is 2.35. The van der Waals surface area contributed by atoms with Crippen LogP contribution in [0.25, 0.3) is 0 Å². The predicted octanol–water partition coefficient (Wildman–Crippen LogP) is 4.21. The quantitative estimate of drug-likeness (QED) is 0.622. The Morgan fingerprint density at radius 3 is 2.52 bits per heavy atom. The third-order valence-electron chi connectivity index (χ3n) is 5.36. The van der Waals surface area contributed by atoms with Crippen molar-refractivity contribution in [2.24, 2.45) is 0 Å². The number of anilines is 2. The van der Waals surface area contributed by atoms with Crippen LogP contribution in [0.5, 0.6) is 0 Å². The van der Waals surface area contributed by atoms with Crippen molar-refractivity contribution in [3.8, 4) is 0 Å². The van der Waals surface area contributed by atoms with E-state index in [1.165, 1.54) is 0 Å². The molecule has 1 N–H and O–H groups in total. The van der Waals surface area contributed by atoms with Gasteiger partial charge in [-0.05, 0) is 57.4 Å².